The Bertz CT molecular complexity index is 675. The Morgan fingerprint density at radius 2 is 2.10 bits per heavy atom. The van der Waals surface area contributed by atoms with Crippen molar-refractivity contribution in [2.24, 2.45) is 5.41 Å². The van der Waals surface area contributed by atoms with Crippen LogP contribution in [-0.4, -0.2) is 11.5 Å². The summed E-state index contributed by atoms with van der Waals surface area (Å²) in [5.74, 6) is 6.28. The first kappa shape index (κ1) is 15.4. The topological polar surface area (TPSA) is 27.8 Å². The molecule has 2 aromatic rings. The highest BCUT2D eigenvalue weighted by molar-refractivity contribution is 5.83. The minimum Gasteiger partial charge on any atom is -0.361 e. The van der Waals surface area contributed by atoms with Gasteiger partial charge in [-0.1, -0.05) is 30.0 Å². The number of hydrogen-bond acceptors (Lipinski definition) is 1. The highest BCUT2D eigenvalue weighted by Gasteiger charge is 2.08. The zero-order chi connectivity index (χ0) is 15.3. The van der Waals surface area contributed by atoms with E-state index in [9.17, 15) is 0 Å². The minimum absolute atomic E-state index is 0.0645. The summed E-state index contributed by atoms with van der Waals surface area (Å²) >= 11 is 0. The summed E-state index contributed by atoms with van der Waals surface area (Å²) in [6, 6.07) is 8.82. The smallest absolute Gasteiger partial charge is 0.0457 e. The van der Waals surface area contributed by atoms with Crippen LogP contribution in [0.2, 0.25) is 0 Å². The van der Waals surface area contributed by atoms with E-state index in [1.807, 2.05) is 12.3 Å². The molecule has 1 aromatic heterocycles. The first-order valence-electron chi connectivity index (χ1n) is 7.44. The molecule has 0 aliphatic carbocycles. The molecule has 2 N–H and O–H groups in total. The lowest BCUT2D eigenvalue weighted by atomic mass is 9.98. The molecule has 0 radical (unpaired) electrons. The highest BCUT2D eigenvalue weighted by atomic mass is 14.9. The maximum atomic E-state index is 3.51. The predicted octanol–water partition coefficient (Wildman–Crippen LogP) is 4.42. The molecular formula is C19H24N2. The van der Waals surface area contributed by atoms with Crippen molar-refractivity contribution in [2.75, 3.05) is 6.54 Å². The van der Waals surface area contributed by atoms with Crippen LogP contribution in [0.1, 0.15) is 39.3 Å². The van der Waals surface area contributed by atoms with Crippen LogP contribution in [0.4, 0.5) is 0 Å². The molecule has 2 rings (SSSR count). The van der Waals surface area contributed by atoms with Crippen LogP contribution in [0.3, 0.4) is 0 Å². The maximum absolute atomic E-state index is 3.51. The first-order chi connectivity index (χ1) is 9.97. The molecule has 0 aliphatic rings. The van der Waals surface area contributed by atoms with E-state index in [-0.39, 0.29) is 5.41 Å². The van der Waals surface area contributed by atoms with Gasteiger partial charge < -0.3 is 10.3 Å². The van der Waals surface area contributed by atoms with Gasteiger partial charge in [-0.25, -0.2) is 0 Å². The Balaban J connectivity index is 1.93. The van der Waals surface area contributed by atoms with Crippen LogP contribution in [0.15, 0.2) is 42.6 Å². The molecular weight excluding hydrogens is 256 g/mol. The van der Waals surface area contributed by atoms with Crippen molar-refractivity contribution < 1.29 is 0 Å². The third kappa shape index (κ3) is 4.51. The van der Waals surface area contributed by atoms with Crippen molar-refractivity contribution >= 4 is 10.9 Å². The van der Waals surface area contributed by atoms with Crippen molar-refractivity contribution in [3.8, 4) is 11.8 Å². The van der Waals surface area contributed by atoms with E-state index in [2.05, 4.69) is 80.2 Å². The van der Waals surface area contributed by atoms with Gasteiger partial charge >= 0.3 is 0 Å². The molecule has 0 aliphatic heterocycles. The summed E-state index contributed by atoms with van der Waals surface area (Å²) in [5, 5.41) is 4.80. The van der Waals surface area contributed by atoms with Gasteiger partial charge in [0.05, 0.1) is 0 Å². The fourth-order valence-corrected chi connectivity index (χ4v) is 2.22. The van der Waals surface area contributed by atoms with E-state index in [0.717, 1.165) is 6.54 Å². The molecule has 0 fully saturated rings. The molecule has 0 bridgehead atoms. The number of nitrogens with one attached hydrogen (secondary N) is 2. The summed E-state index contributed by atoms with van der Waals surface area (Å²) in [6.07, 6.45) is 6.00. The van der Waals surface area contributed by atoms with Gasteiger partial charge in [-0.15, -0.1) is 0 Å². The van der Waals surface area contributed by atoms with Crippen molar-refractivity contribution in [2.45, 2.75) is 33.7 Å². The van der Waals surface area contributed by atoms with Crippen molar-refractivity contribution in [3.05, 3.63) is 48.2 Å². The largest absolute Gasteiger partial charge is 0.361 e. The van der Waals surface area contributed by atoms with Gasteiger partial charge in [-0.2, -0.15) is 0 Å². The molecule has 2 nitrogen and oxygen atoms in total. The Hall–Kier alpha value is -1.98. The lowest BCUT2D eigenvalue weighted by Crippen LogP contribution is -2.18. The number of benzene rings is 1. The monoisotopic (exact) mass is 280 g/mol. The Morgan fingerprint density at radius 3 is 2.86 bits per heavy atom. The van der Waals surface area contributed by atoms with Gasteiger partial charge in [0, 0.05) is 35.1 Å². The lowest BCUT2D eigenvalue weighted by Gasteiger charge is -2.14. The van der Waals surface area contributed by atoms with E-state index in [4.69, 9.17) is 0 Å². The molecule has 1 atom stereocenters. The normalized spacial score (nSPS) is 13.3. The van der Waals surface area contributed by atoms with Crippen LogP contribution >= 0.6 is 0 Å². The lowest BCUT2D eigenvalue weighted by molar-refractivity contribution is 0.571. The Kier molecular flexibility index (Phi) is 4.88. The molecule has 0 amide bonds. The molecule has 21 heavy (non-hydrogen) atoms. The average molecular weight is 280 g/mol. The zero-order valence-electron chi connectivity index (χ0n) is 13.3. The van der Waals surface area contributed by atoms with Crippen LogP contribution in [-0.2, 0) is 0 Å². The van der Waals surface area contributed by atoms with E-state index in [1.54, 1.807) is 0 Å². The summed E-state index contributed by atoms with van der Waals surface area (Å²) < 4.78 is 0. The average Bonchev–Trinajstić information content (AvgIpc) is 2.89. The van der Waals surface area contributed by atoms with Gasteiger partial charge in [0.25, 0.3) is 0 Å². The number of allylic oxidation sites excluding steroid dienone is 1. The highest BCUT2D eigenvalue weighted by Crippen LogP contribution is 2.23. The second kappa shape index (κ2) is 6.65. The molecule has 1 unspecified atom stereocenters. The molecule has 1 heterocycles. The number of aromatic amines is 1. The Labute approximate surface area is 127 Å². The number of H-pyrrole nitrogens is 1. The molecule has 110 valence electrons. The number of aromatic nitrogens is 1. The summed E-state index contributed by atoms with van der Waals surface area (Å²) in [4.78, 5) is 3.25. The van der Waals surface area contributed by atoms with Gasteiger partial charge in [-0.05, 0) is 51.5 Å². The van der Waals surface area contributed by atoms with Crippen molar-refractivity contribution in [1.29, 1.82) is 0 Å². The second-order valence-corrected chi connectivity index (χ2v) is 6.34. The number of fused-ring (bicyclic) bond motifs is 1. The fourth-order valence-electron chi connectivity index (χ4n) is 2.22. The molecule has 1 aromatic carbocycles. The minimum atomic E-state index is 0.0645. The van der Waals surface area contributed by atoms with Crippen LogP contribution in [0.5, 0.6) is 0 Å². The quantitative estimate of drug-likeness (QED) is 0.797. The standard InChI is InChI=1S/C19H24N2/c1-15(20-13-7-5-6-12-19(2,3)4)16-9-8-10-18-17(16)11-14-21-18/h5,7-11,14-15,20-21H,13H2,1-4H3/b7-5+. The van der Waals surface area contributed by atoms with E-state index >= 15 is 0 Å². The fraction of sp³-hybridized carbons (Fsp3) is 0.368. The van der Waals surface area contributed by atoms with Gasteiger partial charge in [-0.3, -0.25) is 0 Å². The summed E-state index contributed by atoms with van der Waals surface area (Å²) in [5.41, 5.74) is 2.57. The Morgan fingerprint density at radius 1 is 1.29 bits per heavy atom. The predicted molar refractivity (Wildman–Crippen MR) is 91.1 cm³/mol. The summed E-state index contributed by atoms with van der Waals surface area (Å²) in [7, 11) is 0. The SMILES string of the molecule is CC(NC/C=C/C#CC(C)(C)C)c1cccc2[nH]ccc12. The number of hydrogen-bond donors (Lipinski definition) is 2. The second-order valence-electron chi connectivity index (χ2n) is 6.34. The van der Waals surface area contributed by atoms with E-state index < -0.39 is 0 Å². The van der Waals surface area contributed by atoms with Gasteiger partial charge in [0.2, 0.25) is 0 Å². The third-order valence-corrected chi connectivity index (χ3v) is 3.29. The summed E-state index contributed by atoms with van der Waals surface area (Å²) in [6.45, 7) is 9.36. The van der Waals surface area contributed by atoms with Crippen LogP contribution in [0.25, 0.3) is 10.9 Å². The van der Waals surface area contributed by atoms with E-state index in [0.29, 0.717) is 6.04 Å². The first-order valence-corrected chi connectivity index (χ1v) is 7.44. The van der Waals surface area contributed by atoms with Crippen LogP contribution in [0, 0.1) is 17.3 Å². The molecule has 2 heteroatoms. The van der Waals surface area contributed by atoms with Crippen molar-refractivity contribution in [3.63, 3.8) is 0 Å². The van der Waals surface area contributed by atoms with E-state index in [1.165, 1.54) is 16.5 Å². The van der Waals surface area contributed by atoms with Crippen LogP contribution < -0.4 is 5.32 Å². The third-order valence-electron chi connectivity index (χ3n) is 3.29. The van der Waals surface area contributed by atoms with Crippen molar-refractivity contribution in [1.82, 2.24) is 10.3 Å². The maximum Gasteiger partial charge on any atom is 0.0457 e. The van der Waals surface area contributed by atoms with Gasteiger partial charge in [0.15, 0.2) is 0 Å². The molecule has 0 saturated carbocycles. The van der Waals surface area contributed by atoms with Gasteiger partial charge in [0.1, 0.15) is 0 Å². The molecule has 0 saturated heterocycles. The zero-order valence-corrected chi connectivity index (χ0v) is 13.3. The molecule has 0 spiro atoms. The number of rotatable bonds is 4.